The molecule has 1 saturated heterocycles. The summed E-state index contributed by atoms with van der Waals surface area (Å²) in [6, 6.07) is 1.95. The van der Waals surface area contributed by atoms with Crippen LogP contribution in [-0.2, 0) is 4.74 Å². The second kappa shape index (κ2) is 4.62. The van der Waals surface area contributed by atoms with E-state index in [2.05, 4.69) is 11.1 Å². The third-order valence-electron chi connectivity index (χ3n) is 3.58. The van der Waals surface area contributed by atoms with E-state index >= 15 is 0 Å². The van der Waals surface area contributed by atoms with E-state index in [1.807, 2.05) is 20.8 Å². The Balaban J connectivity index is 1.92. The Morgan fingerprint density at radius 2 is 2.29 bits per heavy atom. The maximum absolute atomic E-state index is 12.3. The zero-order valence-electron chi connectivity index (χ0n) is 12.3. The van der Waals surface area contributed by atoms with Crippen molar-refractivity contribution in [3.63, 3.8) is 0 Å². The van der Waals surface area contributed by atoms with Crippen LogP contribution in [0, 0.1) is 11.3 Å². The first-order valence-electron chi connectivity index (χ1n) is 6.93. The molecule has 110 valence electrons. The number of pyridine rings is 1. The van der Waals surface area contributed by atoms with E-state index in [9.17, 15) is 4.79 Å². The van der Waals surface area contributed by atoms with Gasteiger partial charge in [0.15, 0.2) is 0 Å². The number of likely N-dealkylation sites (tertiary alicyclic amines) is 1. The highest BCUT2D eigenvalue weighted by molar-refractivity contribution is 5.70. The van der Waals surface area contributed by atoms with Crippen molar-refractivity contribution in [1.29, 1.82) is 5.26 Å². The SMILES string of the molecule is CC(C)(C)OC(=O)N1C[C@@H]2C[C@H]1c1cncc(C#N)c1O2. The molecular formula is C15H17N3O3. The predicted octanol–water partition coefficient (Wildman–Crippen LogP) is 2.40. The summed E-state index contributed by atoms with van der Waals surface area (Å²) in [6.45, 7) is 5.99. The van der Waals surface area contributed by atoms with E-state index in [0.717, 1.165) is 5.56 Å². The summed E-state index contributed by atoms with van der Waals surface area (Å²) in [5.41, 5.74) is 0.659. The Hall–Kier alpha value is -2.29. The van der Waals surface area contributed by atoms with Gasteiger partial charge < -0.3 is 9.47 Å². The molecule has 2 atom stereocenters. The summed E-state index contributed by atoms with van der Waals surface area (Å²) in [5.74, 6) is 0.555. The van der Waals surface area contributed by atoms with Crippen LogP contribution in [0.3, 0.4) is 0 Å². The molecule has 3 rings (SSSR count). The predicted molar refractivity (Wildman–Crippen MR) is 73.7 cm³/mol. The lowest BCUT2D eigenvalue weighted by Crippen LogP contribution is -2.36. The van der Waals surface area contributed by atoms with Gasteiger partial charge in [-0.15, -0.1) is 0 Å². The van der Waals surface area contributed by atoms with Gasteiger partial charge in [-0.1, -0.05) is 0 Å². The molecule has 3 heterocycles. The number of carbonyl (C=O) groups is 1. The van der Waals surface area contributed by atoms with Crippen LogP contribution < -0.4 is 4.74 Å². The van der Waals surface area contributed by atoms with Gasteiger partial charge in [-0.2, -0.15) is 5.26 Å². The number of rotatable bonds is 0. The minimum Gasteiger partial charge on any atom is -0.487 e. The number of aromatic nitrogens is 1. The molecule has 1 aromatic heterocycles. The van der Waals surface area contributed by atoms with Crippen LogP contribution >= 0.6 is 0 Å². The number of hydrogen-bond acceptors (Lipinski definition) is 5. The van der Waals surface area contributed by atoms with Gasteiger partial charge >= 0.3 is 6.09 Å². The molecule has 2 aliphatic rings. The molecule has 2 aliphatic heterocycles. The van der Waals surface area contributed by atoms with E-state index in [1.54, 1.807) is 11.1 Å². The first-order chi connectivity index (χ1) is 9.89. The van der Waals surface area contributed by atoms with E-state index in [-0.39, 0.29) is 18.2 Å². The molecule has 1 aromatic rings. The molecular weight excluding hydrogens is 270 g/mol. The number of nitriles is 1. The van der Waals surface area contributed by atoms with Crippen molar-refractivity contribution in [3.8, 4) is 11.8 Å². The fourth-order valence-corrected chi connectivity index (χ4v) is 2.78. The molecule has 0 aromatic carbocycles. The zero-order chi connectivity index (χ0) is 15.2. The molecule has 0 aliphatic carbocycles. The largest absolute Gasteiger partial charge is 0.487 e. The summed E-state index contributed by atoms with van der Waals surface area (Å²) in [7, 11) is 0. The Labute approximate surface area is 123 Å². The molecule has 0 spiro atoms. The average molecular weight is 287 g/mol. The zero-order valence-corrected chi connectivity index (χ0v) is 12.3. The molecule has 0 N–H and O–H groups in total. The first kappa shape index (κ1) is 13.7. The first-order valence-corrected chi connectivity index (χ1v) is 6.93. The highest BCUT2D eigenvalue weighted by Crippen LogP contribution is 2.44. The molecule has 6 heteroatoms. The van der Waals surface area contributed by atoms with Gasteiger partial charge in [-0.25, -0.2) is 4.79 Å². The molecule has 1 amide bonds. The monoisotopic (exact) mass is 287 g/mol. The lowest BCUT2D eigenvalue weighted by Gasteiger charge is -2.29. The maximum atomic E-state index is 12.3. The Bertz CT molecular complexity index is 630. The fraction of sp³-hybridized carbons (Fsp3) is 0.533. The number of hydrogen-bond donors (Lipinski definition) is 0. The summed E-state index contributed by atoms with van der Waals surface area (Å²) in [4.78, 5) is 18.1. The summed E-state index contributed by atoms with van der Waals surface area (Å²) in [5, 5.41) is 9.14. The van der Waals surface area contributed by atoms with E-state index in [0.29, 0.717) is 24.3 Å². The van der Waals surface area contributed by atoms with Crippen LogP contribution in [0.15, 0.2) is 12.4 Å². The van der Waals surface area contributed by atoms with E-state index in [4.69, 9.17) is 14.7 Å². The summed E-state index contributed by atoms with van der Waals surface area (Å²) >= 11 is 0. The van der Waals surface area contributed by atoms with Crippen LogP contribution in [0.25, 0.3) is 0 Å². The Kier molecular flexibility index (Phi) is 3.01. The van der Waals surface area contributed by atoms with Gasteiger partial charge in [0.05, 0.1) is 12.6 Å². The van der Waals surface area contributed by atoms with Crippen LogP contribution in [0.4, 0.5) is 4.79 Å². The average Bonchev–Trinajstić information content (AvgIpc) is 2.75. The van der Waals surface area contributed by atoms with Gasteiger partial charge in [-0.05, 0) is 20.8 Å². The third kappa shape index (κ3) is 2.40. The molecule has 1 fully saturated rings. The Morgan fingerprint density at radius 1 is 1.52 bits per heavy atom. The topological polar surface area (TPSA) is 75.5 Å². The number of amides is 1. The van der Waals surface area contributed by atoms with Crippen molar-refractivity contribution in [1.82, 2.24) is 9.88 Å². The van der Waals surface area contributed by atoms with Crippen LogP contribution in [-0.4, -0.2) is 34.2 Å². The molecule has 0 radical (unpaired) electrons. The van der Waals surface area contributed by atoms with Crippen molar-refractivity contribution < 1.29 is 14.3 Å². The molecule has 0 unspecified atom stereocenters. The standard InChI is InChI=1S/C15H17N3O3/c1-15(2,3)21-14(19)18-8-10-4-12(18)11-7-17-6-9(5-16)13(11)20-10/h6-7,10,12H,4,8H2,1-3H3/t10-,12-/m0/s1. The minimum absolute atomic E-state index is 0.0930. The highest BCUT2D eigenvalue weighted by Gasteiger charge is 2.44. The van der Waals surface area contributed by atoms with Crippen molar-refractivity contribution in [2.24, 2.45) is 0 Å². The number of fused-ring (bicyclic) bond motifs is 4. The second-order valence-corrected chi connectivity index (χ2v) is 6.34. The molecule has 6 nitrogen and oxygen atoms in total. The van der Waals surface area contributed by atoms with E-state index in [1.165, 1.54) is 6.20 Å². The van der Waals surface area contributed by atoms with Crippen molar-refractivity contribution in [2.45, 2.75) is 44.9 Å². The summed E-state index contributed by atoms with van der Waals surface area (Å²) < 4.78 is 11.3. The summed E-state index contributed by atoms with van der Waals surface area (Å²) in [6.07, 6.45) is 3.42. The smallest absolute Gasteiger partial charge is 0.410 e. The van der Waals surface area contributed by atoms with Gasteiger partial charge in [-0.3, -0.25) is 9.88 Å². The van der Waals surface area contributed by atoms with Crippen molar-refractivity contribution >= 4 is 6.09 Å². The lowest BCUT2D eigenvalue weighted by molar-refractivity contribution is 0.0222. The quantitative estimate of drug-likeness (QED) is 0.732. The van der Waals surface area contributed by atoms with Gasteiger partial charge in [0, 0.05) is 24.4 Å². The van der Waals surface area contributed by atoms with Gasteiger partial charge in [0.2, 0.25) is 0 Å². The molecule has 2 bridgehead atoms. The molecule has 0 saturated carbocycles. The fourth-order valence-electron chi connectivity index (χ4n) is 2.78. The van der Waals surface area contributed by atoms with Gasteiger partial charge in [0.25, 0.3) is 0 Å². The maximum Gasteiger partial charge on any atom is 0.410 e. The van der Waals surface area contributed by atoms with Crippen molar-refractivity contribution in [2.75, 3.05) is 6.54 Å². The highest BCUT2D eigenvalue weighted by atomic mass is 16.6. The molecule has 21 heavy (non-hydrogen) atoms. The second-order valence-electron chi connectivity index (χ2n) is 6.34. The normalized spacial score (nSPS) is 23.0. The lowest BCUT2D eigenvalue weighted by atomic mass is 10.00. The van der Waals surface area contributed by atoms with E-state index < -0.39 is 5.60 Å². The van der Waals surface area contributed by atoms with Crippen LogP contribution in [0.1, 0.15) is 44.4 Å². The van der Waals surface area contributed by atoms with Crippen molar-refractivity contribution in [3.05, 3.63) is 23.5 Å². The third-order valence-corrected chi connectivity index (χ3v) is 3.58. The Morgan fingerprint density at radius 3 is 2.95 bits per heavy atom. The van der Waals surface area contributed by atoms with Gasteiger partial charge in [0.1, 0.15) is 29.1 Å². The van der Waals surface area contributed by atoms with Crippen LogP contribution in [0.5, 0.6) is 5.75 Å². The number of nitrogens with zero attached hydrogens (tertiary/aromatic N) is 3. The number of carbonyl (C=O) groups excluding carboxylic acids is 1. The minimum atomic E-state index is -0.537. The van der Waals surface area contributed by atoms with Crippen LogP contribution in [0.2, 0.25) is 0 Å². The number of ether oxygens (including phenoxy) is 2.